The van der Waals surface area contributed by atoms with Crippen molar-refractivity contribution >= 4 is 29.2 Å². The zero-order chi connectivity index (χ0) is 20.2. The quantitative estimate of drug-likeness (QED) is 0.466. The molecule has 7 heteroatoms. The minimum atomic E-state index is -0.243. The summed E-state index contributed by atoms with van der Waals surface area (Å²) < 4.78 is 5.49. The van der Waals surface area contributed by atoms with Gasteiger partial charge in [0, 0.05) is 42.7 Å². The van der Waals surface area contributed by atoms with Crippen LogP contribution in [-0.2, 0) is 6.42 Å². The highest BCUT2D eigenvalue weighted by Gasteiger charge is 2.18. The zero-order valence-corrected chi connectivity index (χ0v) is 17.5. The van der Waals surface area contributed by atoms with Gasteiger partial charge >= 0.3 is 0 Å². The van der Waals surface area contributed by atoms with Gasteiger partial charge in [-0.1, -0.05) is 47.6 Å². The second kappa shape index (κ2) is 9.71. The Kier molecular flexibility index (Phi) is 7.05. The first kappa shape index (κ1) is 21.8. The lowest BCUT2D eigenvalue weighted by atomic mass is 9.94. The maximum absolute atomic E-state index is 9.15. The van der Waals surface area contributed by atoms with Crippen molar-refractivity contribution in [2.45, 2.75) is 12.5 Å². The number of aromatic nitrogens is 2. The Labute approximate surface area is 181 Å². The number of likely N-dealkylation sites (N-methyl/N-ethyl adjacent to an activating group) is 1. The van der Waals surface area contributed by atoms with E-state index in [2.05, 4.69) is 5.16 Å². The van der Waals surface area contributed by atoms with Gasteiger partial charge in [-0.05, 0) is 29.8 Å². The molecule has 1 unspecified atom stereocenters. The van der Waals surface area contributed by atoms with Crippen LogP contribution in [-0.4, -0.2) is 35.4 Å². The molecule has 0 fully saturated rings. The third-order valence-corrected chi connectivity index (χ3v) is 5.04. The largest absolute Gasteiger partial charge is 0.395 e. The summed E-state index contributed by atoms with van der Waals surface area (Å²) in [4.78, 5) is 6.62. The number of hydrogen-bond acceptors (Lipinski definition) is 6. The van der Waals surface area contributed by atoms with Crippen molar-refractivity contribution < 1.29 is 9.63 Å². The molecule has 0 saturated heterocycles. The van der Waals surface area contributed by atoms with Gasteiger partial charge in [-0.25, -0.2) is 4.98 Å². The van der Waals surface area contributed by atoms with Gasteiger partial charge in [-0.15, -0.1) is 12.4 Å². The minimum absolute atomic E-state index is 0. The van der Waals surface area contributed by atoms with Gasteiger partial charge in [0.2, 0.25) is 0 Å². The Balaban J connectivity index is 0.00000256. The van der Waals surface area contributed by atoms with Crippen molar-refractivity contribution in [3.05, 3.63) is 78.0 Å². The van der Waals surface area contributed by atoms with Gasteiger partial charge in [-0.2, -0.15) is 0 Å². The van der Waals surface area contributed by atoms with Crippen LogP contribution in [0.5, 0.6) is 0 Å². The van der Waals surface area contributed by atoms with Crippen molar-refractivity contribution in [2.24, 2.45) is 5.73 Å². The second-order valence-electron chi connectivity index (χ2n) is 7.06. The fourth-order valence-electron chi connectivity index (χ4n) is 3.51. The highest BCUT2D eigenvalue weighted by molar-refractivity contribution is 5.92. The van der Waals surface area contributed by atoms with Crippen LogP contribution in [0.1, 0.15) is 17.3 Å². The van der Waals surface area contributed by atoms with Gasteiger partial charge in [0.05, 0.1) is 6.61 Å². The van der Waals surface area contributed by atoms with Gasteiger partial charge in [-0.3, -0.25) is 0 Å². The Morgan fingerprint density at radius 3 is 2.63 bits per heavy atom. The average Bonchev–Trinajstić information content (AvgIpc) is 3.18. The number of aliphatic hydroxyl groups excluding tert-OH is 1. The van der Waals surface area contributed by atoms with Crippen molar-refractivity contribution in [3.8, 4) is 11.3 Å². The molecule has 0 spiro atoms. The van der Waals surface area contributed by atoms with Crippen LogP contribution >= 0.6 is 12.4 Å². The summed E-state index contributed by atoms with van der Waals surface area (Å²) in [7, 11) is 1.91. The van der Waals surface area contributed by atoms with Crippen LogP contribution in [0.25, 0.3) is 22.2 Å². The van der Waals surface area contributed by atoms with Crippen molar-refractivity contribution in [1.82, 2.24) is 10.1 Å². The predicted molar refractivity (Wildman–Crippen MR) is 122 cm³/mol. The predicted octanol–water partition coefficient (Wildman–Crippen LogP) is 3.98. The summed E-state index contributed by atoms with van der Waals surface area (Å²) in [6.45, 7) is 0.617. The van der Waals surface area contributed by atoms with E-state index in [0.29, 0.717) is 13.0 Å². The van der Waals surface area contributed by atoms with Gasteiger partial charge in [0.25, 0.3) is 0 Å². The number of anilines is 1. The molecule has 3 N–H and O–H groups in total. The monoisotopic (exact) mass is 424 g/mol. The van der Waals surface area contributed by atoms with Crippen LogP contribution in [0, 0.1) is 0 Å². The number of nitrogens with two attached hydrogens (primary N) is 1. The summed E-state index contributed by atoms with van der Waals surface area (Å²) in [6, 6.07) is 21.5. The molecule has 0 aliphatic carbocycles. The lowest BCUT2D eigenvalue weighted by molar-refractivity contribution is 0.304. The first-order valence-electron chi connectivity index (χ1n) is 9.64. The summed E-state index contributed by atoms with van der Waals surface area (Å²) in [5.74, 6) is 0.819. The molecule has 2 aromatic carbocycles. The molecule has 0 aliphatic rings. The summed E-state index contributed by atoms with van der Waals surface area (Å²) >= 11 is 0. The highest BCUT2D eigenvalue weighted by atomic mass is 35.5. The Morgan fingerprint density at radius 1 is 1.03 bits per heavy atom. The number of para-hydroxylation sites is 1. The van der Waals surface area contributed by atoms with Crippen molar-refractivity contribution in [3.63, 3.8) is 0 Å². The molecule has 0 aliphatic heterocycles. The minimum Gasteiger partial charge on any atom is -0.395 e. The van der Waals surface area contributed by atoms with Gasteiger partial charge < -0.3 is 20.3 Å². The molecule has 0 saturated carbocycles. The van der Waals surface area contributed by atoms with E-state index in [-0.39, 0.29) is 25.1 Å². The van der Waals surface area contributed by atoms with E-state index in [1.807, 2.05) is 78.7 Å². The average molecular weight is 425 g/mol. The van der Waals surface area contributed by atoms with E-state index in [4.69, 9.17) is 20.3 Å². The smallest absolute Gasteiger partial charge is 0.167 e. The van der Waals surface area contributed by atoms with Crippen LogP contribution in [0.3, 0.4) is 0 Å². The molecule has 156 valence electrons. The van der Waals surface area contributed by atoms with Crippen LogP contribution < -0.4 is 10.6 Å². The number of halogens is 1. The molecule has 6 nitrogen and oxygen atoms in total. The standard InChI is InChI=1S/C23H24N4O2.ClH/c1-27(13-14-28)22-12-6-7-16(25-22)15-20(24)17-8-2-3-9-18(17)23-19-10-4-5-11-21(19)29-26-23;/h2-12,20,28H,13-15,24H2,1H3;1H. The highest BCUT2D eigenvalue weighted by Crippen LogP contribution is 2.33. The third kappa shape index (κ3) is 4.46. The van der Waals surface area contributed by atoms with Gasteiger partial charge in [0.1, 0.15) is 11.5 Å². The van der Waals surface area contributed by atoms with E-state index < -0.39 is 0 Å². The SMILES string of the molecule is CN(CCO)c1cccc(CC(N)c2ccccc2-c2noc3ccccc23)n1.Cl. The first-order chi connectivity index (χ1) is 14.2. The topological polar surface area (TPSA) is 88.4 Å². The molecule has 0 bridgehead atoms. The lowest BCUT2D eigenvalue weighted by Gasteiger charge is -2.19. The molecular formula is C23H25ClN4O2. The van der Waals surface area contributed by atoms with Gasteiger partial charge in [0.15, 0.2) is 5.58 Å². The maximum atomic E-state index is 9.15. The third-order valence-electron chi connectivity index (χ3n) is 5.04. The summed E-state index contributed by atoms with van der Waals surface area (Å²) in [5.41, 5.74) is 11.0. The number of hydrogen-bond donors (Lipinski definition) is 2. The van der Waals surface area contributed by atoms with E-state index >= 15 is 0 Å². The van der Waals surface area contributed by atoms with Crippen LogP contribution in [0.2, 0.25) is 0 Å². The molecular weight excluding hydrogens is 400 g/mol. The number of nitrogens with zero attached hydrogens (tertiary/aromatic N) is 3. The van der Waals surface area contributed by atoms with Crippen molar-refractivity contribution in [1.29, 1.82) is 0 Å². The number of benzene rings is 2. The van der Waals surface area contributed by atoms with Crippen LogP contribution in [0.4, 0.5) is 5.82 Å². The van der Waals surface area contributed by atoms with Crippen molar-refractivity contribution in [2.75, 3.05) is 25.1 Å². The molecule has 1 atom stereocenters. The van der Waals surface area contributed by atoms with E-state index in [9.17, 15) is 0 Å². The molecule has 4 rings (SSSR count). The normalized spacial score (nSPS) is 11.8. The Hall–Kier alpha value is -2.93. The van der Waals surface area contributed by atoms with Crippen LogP contribution in [0.15, 0.2) is 71.3 Å². The van der Waals surface area contributed by atoms with E-state index in [0.717, 1.165) is 39.3 Å². The molecule has 0 amide bonds. The number of aliphatic hydroxyl groups is 1. The summed E-state index contributed by atoms with van der Waals surface area (Å²) in [5, 5.41) is 14.4. The first-order valence-corrected chi connectivity index (χ1v) is 9.64. The van der Waals surface area contributed by atoms with E-state index in [1.165, 1.54) is 0 Å². The number of pyridine rings is 1. The molecule has 4 aromatic rings. The molecule has 2 aromatic heterocycles. The molecule has 30 heavy (non-hydrogen) atoms. The Morgan fingerprint density at radius 2 is 1.80 bits per heavy atom. The maximum Gasteiger partial charge on any atom is 0.167 e. The molecule has 0 radical (unpaired) electrons. The number of fused-ring (bicyclic) bond motifs is 1. The fraction of sp³-hybridized carbons (Fsp3) is 0.217. The molecule has 2 heterocycles. The summed E-state index contributed by atoms with van der Waals surface area (Å²) in [6.07, 6.45) is 0.591. The Bertz CT molecular complexity index is 1120. The van der Waals surface area contributed by atoms with E-state index in [1.54, 1.807) is 0 Å². The zero-order valence-electron chi connectivity index (χ0n) is 16.7. The fourth-order valence-corrected chi connectivity index (χ4v) is 3.51. The second-order valence-corrected chi connectivity index (χ2v) is 7.06. The lowest BCUT2D eigenvalue weighted by Crippen LogP contribution is -2.23. The number of rotatable bonds is 7.